The molecule has 0 unspecified atom stereocenters. The number of carboxylic acid groups (broad SMARTS) is 1. The summed E-state index contributed by atoms with van der Waals surface area (Å²) in [7, 11) is 6.69. The average Bonchev–Trinajstić information content (AvgIpc) is 2.34. The van der Waals surface area contributed by atoms with E-state index in [0.29, 0.717) is 5.75 Å². The molecule has 0 bridgehead atoms. The fourth-order valence-electron chi connectivity index (χ4n) is 2.31. The normalized spacial score (nSPS) is 13.7. The first-order valence-electron chi connectivity index (χ1n) is 6.49. The van der Waals surface area contributed by atoms with Crippen LogP contribution >= 0.6 is 12.4 Å². The van der Waals surface area contributed by atoms with E-state index in [1.54, 1.807) is 39.3 Å². The lowest BCUT2D eigenvalue weighted by molar-refractivity contribution is -0.875. The summed E-state index contributed by atoms with van der Waals surface area (Å²) in [5.41, 5.74) is -1.90. The molecule has 0 aliphatic carbocycles. The Hall–Kier alpha value is -1.63. The topological polar surface area (TPSA) is 86.7 Å². The van der Waals surface area contributed by atoms with E-state index in [4.69, 9.17) is 4.74 Å². The highest BCUT2D eigenvalue weighted by atomic mass is 35.5. The van der Waals surface area contributed by atoms with Crippen LogP contribution in [0.1, 0.15) is 16.8 Å². The third-order valence-corrected chi connectivity index (χ3v) is 2.95. The minimum absolute atomic E-state index is 0. The van der Waals surface area contributed by atoms with Crippen LogP contribution in [0.3, 0.4) is 0 Å². The van der Waals surface area contributed by atoms with Crippen molar-refractivity contribution in [3.63, 3.8) is 0 Å². The van der Waals surface area contributed by atoms with Crippen molar-refractivity contribution >= 4 is 24.2 Å². The van der Waals surface area contributed by atoms with Gasteiger partial charge in [0.1, 0.15) is 12.3 Å². The number of aliphatic carboxylic acids is 1. The van der Waals surface area contributed by atoms with Crippen LogP contribution in [-0.4, -0.2) is 61.7 Å². The molecule has 0 spiro atoms. The van der Waals surface area contributed by atoms with Crippen molar-refractivity contribution in [2.75, 3.05) is 34.8 Å². The van der Waals surface area contributed by atoms with Crippen molar-refractivity contribution in [2.45, 2.75) is 12.0 Å². The van der Waals surface area contributed by atoms with Crippen molar-refractivity contribution in [3.8, 4) is 5.75 Å². The second-order valence-electron chi connectivity index (χ2n) is 6.06. The van der Waals surface area contributed by atoms with Gasteiger partial charge in [-0.15, -0.1) is 12.4 Å². The fourth-order valence-corrected chi connectivity index (χ4v) is 2.31. The monoisotopic (exact) mass is 331 g/mol. The van der Waals surface area contributed by atoms with Gasteiger partial charge in [0.05, 0.1) is 33.8 Å². The molecule has 0 aliphatic heterocycles. The summed E-state index contributed by atoms with van der Waals surface area (Å²) in [6.07, 6.45) is -0.764. The number of ketones is 1. The van der Waals surface area contributed by atoms with Crippen molar-refractivity contribution in [3.05, 3.63) is 29.8 Å². The third kappa shape index (κ3) is 5.29. The van der Waals surface area contributed by atoms with Crippen molar-refractivity contribution in [1.29, 1.82) is 0 Å². The summed E-state index contributed by atoms with van der Waals surface area (Å²) < 4.78 is 5.32. The summed E-state index contributed by atoms with van der Waals surface area (Å²) in [6.45, 7) is -0.0577. The number of carbonyl (C=O) groups is 2. The number of Topliss-reactive ketones (excluding diaryl/α,β-unsaturated/α-hetero) is 1. The number of likely N-dealkylation sites (N-methyl/N-ethyl adjacent to an activating group) is 1. The number of hydrogen-bond donors (Lipinski definition) is 1. The van der Waals surface area contributed by atoms with E-state index in [9.17, 15) is 19.8 Å². The predicted molar refractivity (Wildman–Crippen MR) is 82.0 cm³/mol. The Morgan fingerprint density at radius 1 is 1.27 bits per heavy atom. The fraction of sp³-hybridized carbons (Fsp3) is 0.467. The highest BCUT2D eigenvalue weighted by Gasteiger charge is 2.42. The van der Waals surface area contributed by atoms with Crippen LogP contribution in [0.2, 0.25) is 0 Å². The van der Waals surface area contributed by atoms with E-state index in [2.05, 4.69) is 0 Å². The summed E-state index contributed by atoms with van der Waals surface area (Å²) in [6, 6.07) is 6.39. The van der Waals surface area contributed by atoms with Gasteiger partial charge in [0.2, 0.25) is 5.78 Å². The number of para-hydroxylation sites is 1. The smallest absolute Gasteiger partial charge is 0.204 e. The first-order chi connectivity index (χ1) is 9.59. The molecular formula is C15H22ClNO5. The van der Waals surface area contributed by atoms with Gasteiger partial charge in [0.25, 0.3) is 0 Å². The summed E-state index contributed by atoms with van der Waals surface area (Å²) in [5, 5.41) is 21.5. The predicted octanol–water partition coefficient (Wildman–Crippen LogP) is -0.123. The molecule has 7 heteroatoms. The number of quaternary nitrogens is 1. The molecule has 0 aliphatic rings. The van der Waals surface area contributed by atoms with E-state index in [0.717, 1.165) is 0 Å². The second-order valence-corrected chi connectivity index (χ2v) is 6.06. The third-order valence-electron chi connectivity index (χ3n) is 2.95. The maximum absolute atomic E-state index is 12.6. The number of carboxylic acids is 1. The summed E-state index contributed by atoms with van der Waals surface area (Å²) in [4.78, 5) is 23.6. The second kappa shape index (κ2) is 7.58. The molecule has 1 N–H and O–H groups in total. The molecule has 1 aromatic rings. The van der Waals surface area contributed by atoms with Gasteiger partial charge in [-0.05, 0) is 12.1 Å². The van der Waals surface area contributed by atoms with Gasteiger partial charge >= 0.3 is 0 Å². The summed E-state index contributed by atoms with van der Waals surface area (Å²) in [5.74, 6) is -1.87. The van der Waals surface area contributed by atoms with Crippen LogP contribution in [0.4, 0.5) is 0 Å². The van der Waals surface area contributed by atoms with Gasteiger partial charge in [0, 0.05) is 12.4 Å². The standard InChI is InChI=1S/C15H21NO5.ClH/c1-16(2,3)10-15(20,9-13(17)18)14(19)11-7-5-6-8-12(11)21-4;/h5-8,20H,9-10H2,1-4H3;1H/t15-;/m1./s1. The van der Waals surface area contributed by atoms with E-state index < -0.39 is 23.8 Å². The van der Waals surface area contributed by atoms with E-state index >= 15 is 0 Å². The molecule has 0 amide bonds. The molecule has 1 atom stereocenters. The molecule has 0 heterocycles. The Kier molecular flexibility index (Phi) is 7.02. The quantitative estimate of drug-likeness (QED) is 0.556. The zero-order valence-corrected chi connectivity index (χ0v) is 14.0. The Labute approximate surface area is 136 Å². The Morgan fingerprint density at radius 2 is 1.82 bits per heavy atom. The first-order valence-corrected chi connectivity index (χ1v) is 6.49. The van der Waals surface area contributed by atoms with Crippen molar-refractivity contribution in [2.24, 2.45) is 0 Å². The molecule has 0 saturated carbocycles. The maximum Gasteiger partial charge on any atom is 0.204 e. The molecule has 1 aromatic carbocycles. The SMILES string of the molecule is COc1ccccc1C(=O)[C@@](O)(CC(=O)[O-])C[N+](C)(C)C.Cl. The van der Waals surface area contributed by atoms with Crippen molar-refractivity contribution in [1.82, 2.24) is 0 Å². The molecule has 0 aromatic heterocycles. The minimum Gasteiger partial charge on any atom is -0.550 e. The van der Waals surface area contributed by atoms with Crippen LogP contribution in [0.15, 0.2) is 24.3 Å². The Balaban J connectivity index is 0.00000441. The lowest BCUT2D eigenvalue weighted by Gasteiger charge is -2.35. The molecule has 0 fully saturated rings. The number of methoxy groups -OCH3 is 1. The Morgan fingerprint density at radius 3 is 2.27 bits per heavy atom. The summed E-state index contributed by atoms with van der Waals surface area (Å²) >= 11 is 0. The molecule has 1 rings (SSSR count). The number of ether oxygens (including phenoxy) is 1. The average molecular weight is 332 g/mol. The van der Waals surface area contributed by atoms with Crippen LogP contribution in [0, 0.1) is 0 Å². The number of halogens is 1. The van der Waals surface area contributed by atoms with Crippen molar-refractivity contribution < 1.29 is 29.0 Å². The lowest BCUT2D eigenvalue weighted by atomic mass is 9.88. The zero-order valence-electron chi connectivity index (χ0n) is 13.2. The number of nitrogens with zero attached hydrogens (tertiary/aromatic N) is 1. The van der Waals surface area contributed by atoms with Gasteiger partial charge in [-0.2, -0.15) is 0 Å². The minimum atomic E-state index is -2.05. The van der Waals surface area contributed by atoms with Crippen LogP contribution in [0.25, 0.3) is 0 Å². The number of carbonyl (C=O) groups excluding carboxylic acids is 2. The number of benzene rings is 1. The number of aliphatic hydroxyl groups is 1. The number of hydrogen-bond acceptors (Lipinski definition) is 5. The largest absolute Gasteiger partial charge is 0.550 e. The van der Waals surface area contributed by atoms with Crippen LogP contribution in [0.5, 0.6) is 5.75 Å². The molecule has 0 radical (unpaired) electrons. The highest BCUT2D eigenvalue weighted by molar-refractivity contribution is 6.06. The van der Waals surface area contributed by atoms with Gasteiger partial charge in [-0.1, -0.05) is 12.1 Å². The van der Waals surface area contributed by atoms with Gasteiger partial charge in [0.15, 0.2) is 5.60 Å². The van der Waals surface area contributed by atoms with E-state index in [-0.39, 0.29) is 29.0 Å². The van der Waals surface area contributed by atoms with E-state index in [1.165, 1.54) is 13.2 Å². The molecule has 124 valence electrons. The highest BCUT2D eigenvalue weighted by Crippen LogP contribution is 2.26. The van der Waals surface area contributed by atoms with Gasteiger partial charge in [-0.25, -0.2) is 0 Å². The lowest BCUT2D eigenvalue weighted by Crippen LogP contribution is -2.56. The van der Waals surface area contributed by atoms with Crippen LogP contribution in [-0.2, 0) is 4.79 Å². The van der Waals surface area contributed by atoms with Gasteiger partial charge in [-0.3, -0.25) is 4.79 Å². The molecular weight excluding hydrogens is 310 g/mol. The van der Waals surface area contributed by atoms with E-state index in [1.807, 2.05) is 0 Å². The molecule has 6 nitrogen and oxygen atoms in total. The Bertz CT molecular complexity index is 541. The molecule has 0 saturated heterocycles. The van der Waals surface area contributed by atoms with Gasteiger partial charge < -0.3 is 24.2 Å². The number of rotatable bonds is 7. The zero-order chi connectivity index (χ0) is 16.3. The molecule has 22 heavy (non-hydrogen) atoms. The van der Waals surface area contributed by atoms with Crippen LogP contribution < -0.4 is 9.84 Å². The first kappa shape index (κ1) is 20.4. The maximum atomic E-state index is 12.6.